The highest BCUT2D eigenvalue weighted by Gasteiger charge is 2.16. The van der Waals surface area contributed by atoms with Crippen molar-refractivity contribution in [2.45, 2.75) is 45.8 Å². The average Bonchev–Trinajstić information content (AvgIpc) is 2.39. The lowest BCUT2D eigenvalue weighted by atomic mass is 10.2. The molecule has 0 spiro atoms. The van der Waals surface area contributed by atoms with Gasteiger partial charge < -0.3 is 15.4 Å². The summed E-state index contributed by atoms with van der Waals surface area (Å²) in [6, 6.07) is 0.818. The van der Waals surface area contributed by atoms with Crippen LogP contribution in [0.2, 0.25) is 0 Å². The highest BCUT2D eigenvalue weighted by atomic mass is 32.2. The molecular formula is C13H23N5OS. The number of rotatable bonds is 6. The van der Waals surface area contributed by atoms with Crippen molar-refractivity contribution in [3.05, 3.63) is 0 Å². The van der Waals surface area contributed by atoms with Crippen molar-refractivity contribution < 1.29 is 4.74 Å². The van der Waals surface area contributed by atoms with Crippen LogP contribution < -0.4 is 15.4 Å². The van der Waals surface area contributed by atoms with Crippen molar-refractivity contribution in [3.63, 3.8) is 0 Å². The number of aromatic nitrogens is 3. The lowest BCUT2D eigenvalue weighted by molar-refractivity contribution is 0.222. The van der Waals surface area contributed by atoms with E-state index in [-0.39, 0.29) is 6.10 Å². The Kier molecular flexibility index (Phi) is 5.70. The Balaban J connectivity index is 2.10. The number of hydrogen-bond donors (Lipinski definition) is 2. The van der Waals surface area contributed by atoms with Gasteiger partial charge in [0, 0.05) is 12.6 Å². The van der Waals surface area contributed by atoms with Gasteiger partial charge in [0.1, 0.15) is 0 Å². The minimum absolute atomic E-state index is 0.0470. The zero-order chi connectivity index (χ0) is 14.4. The van der Waals surface area contributed by atoms with Gasteiger partial charge in [0.2, 0.25) is 11.9 Å². The molecule has 0 amide bonds. The second kappa shape index (κ2) is 7.52. The predicted molar refractivity (Wildman–Crippen MR) is 83.7 cm³/mol. The zero-order valence-corrected chi connectivity index (χ0v) is 13.2. The molecule has 1 saturated heterocycles. The van der Waals surface area contributed by atoms with Crippen molar-refractivity contribution in [2.75, 3.05) is 28.7 Å². The Labute approximate surface area is 124 Å². The minimum Gasteiger partial charge on any atom is -0.461 e. The topological polar surface area (TPSA) is 72.0 Å². The van der Waals surface area contributed by atoms with E-state index in [1.165, 1.54) is 11.5 Å². The summed E-state index contributed by atoms with van der Waals surface area (Å²) in [6.45, 7) is 6.70. The largest absolute Gasteiger partial charge is 0.461 e. The first-order valence-electron chi connectivity index (χ1n) is 7.18. The first-order chi connectivity index (χ1) is 9.67. The predicted octanol–water partition coefficient (Wildman–Crippen LogP) is 2.40. The summed E-state index contributed by atoms with van der Waals surface area (Å²) in [6.07, 6.45) is 2.34. The Bertz CT molecular complexity index is 423. The molecule has 2 rings (SSSR count). The van der Waals surface area contributed by atoms with E-state index >= 15 is 0 Å². The van der Waals surface area contributed by atoms with Crippen molar-refractivity contribution >= 4 is 23.7 Å². The van der Waals surface area contributed by atoms with Gasteiger partial charge in [-0.3, -0.25) is 0 Å². The Morgan fingerprint density at radius 2 is 1.90 bits per heavy atom. The van der Waals surface area contributed by atoms with Crippen LogP contribution in [0.15, 0.2) is 0 Å². The van der Waals surface area contributed by atoms with Gasteiger partial charge in [-0.05, 0) is 45.1 Å². The number of thioether (sulfide) groups is 1. The van der Waals surface area contributed by atoms with E-state index in [4.69, 9.17) is 4.74 Å². The van der Waals surface area contributed by atoms with E-state index < -0.39 is 0 Å². The van der Waals surface area contributed by atoms with Crippen LogP contribution in [0.3, 0.4) is 0 Å². The molecule has 0 bridgehead atoms. The monoisotopic (exact) mass is 297 g/mol. The number of nitrogens with zero attached hydrogens (tertiary/aromatic N) is 3. The first-order valence-corrected chi connectivity index (χ1v) is 8.33. The van der Waals surface area contributed by atoms with Gasteiger partial charge in [-0.1, -0.05) is 0 Å². The van der Waals surface area contributed by atoms with Crippen LogP contribution >= 0.6 is 11.8 Å². The number of anilines is 2. The van der Waals surface area contributed by atoms with E-state index in [0.717, 1.165) is 19.4 Å². The van der Waals surface area contributed by atoms with Crippen LogP contribution in [-0.2, 0) is 0 Å². The van der Waals surface area contributed by atoms with Crippen LogP contribution in [0.5, 0.6) is 6.01 Å². The van der Waals surface area contributed by atoms with Crippen LogP contribution in [0, 0.1) is 0 Å². The second-order valence-electron chi connectivity index (χ2n) is 4.99. The van der Waals surface area contributed by atoms with Crippen LogP contribution in [-0.4, -0.2) is 45.1 Å². The standard InChI is InChI=1S/C13H23N5OS/c1-4-14-11-16-12(15-10-5-7-20-8-6-10)18-13(17-11)19-9(2)3/h9-10H,4-8H2,1-3H3,(H2,14,15,16,17,18). The van der Waals surface area contributed by atoms with Gasteiger partial charge in [0.25, 0.3) is 0 Å². The molecular weight excluding hydrogens is 274 g/mol. The average molecular weight is 297 g/mol. The first kappa shape index (κ1) is 15.2. The fourth-order valence-electron chi connectivity index (χ4n) is 1.95. The molecule has 0 unspecified atom stereocenters. The third-order valence-corrected chi connectivity index (χ3v) is 3.89. The van der Waals surface area contributed by atoms with Gasteiger partial charge in [-0.25, -0.2) is 0 Å². The summed E-state index contributed by atoms with van der Waals surface area (Å²) in [7, 11) is 0. The Morgan fingerprint density at radius 1 is 1.20 bits per heavy atom. The molecule has 0 saturated carbocycles. The molecule has 20 heavy (non-hydrogen) atoms. The van der Waals surface area contributed by atoms with E-state index in [9.17, 15) is 0 Å². The summed E-state index contributed by atoms with van der Waals surface area (Å²) in [5, 5.41) is 6.51. The van der Waals surface area contributed by atoms with Crippen LogP contribution in [0.1, 0.15) is 33.6 Å². The maximum Gasteiger partial charge on any atom is 0.323 e. The molecule has 1 aromatic rings. The van der Waals surface area contributed by atoms with Crippen molar-refractivity contribution in [1.82, 2.24) is 15.0 Å². The minimum atomic E-state index is 0.0470. The quantitative estimate of drug-likeness (QED) is 0.835. The van der Waals surface area contributed by atoms with Crippen LogP contribution in [0.4, 0.5) is 11.9 Å². The third kappa shape index (κ3) is 4.70. The number of hydrogen-bond acceptors (Lipinski definition) is 7. The molecule has 1 fully saturated rings. The molecule has 2 N–H and O–H groups in total. The lowest BCUT2D eigenvalue weighted by Crippen LogP contribution is -2.26. The fourth-order valence-corrected chi connectivity index (χ4v) is 3.05. The maximum absolute atomic E-state index is 5.58. The Morgan fingerprint density at radius 3 is 2.55 bits per heavy atom. The SMILES string of the molecule is CCNc1nc(NC2CCSCC2)nc(OC(C)C)n1. The molecule has 7 heteroatoms. The maximum atomic E-state index is 5.58. The highest BCUT2D eigenvalue weighted by molar-refractivity contribution is 7.99. The molecule has 2 heterocycles. The van der Waals surface area contributed by atoms with Crippen LogP contribution in [0.25, 0.3) is 0 Å². The summed E-state index contributed by atoms with van der Waals surface area (Å²) in [4.78, 5) is 13.0. The molecule has 112 valence electrons. The highest BCUT2D eigenvalue weighted by Crippen LogP contribution is 2.21. The molecule has 1 aliphatic rings. The molecule has 1 aliphatic heterocycles. The summed E-state index contributed by atoms with van der Waals surface area (Å²) >= 11 is 2.00. The fraction of sp³-hybridized carbons (Fsp3) is 0.769. The van der Waals surface area contributed by atoms with E-state index in [1.54, 1.807) is 0 Å². The van der Waals surface area contributed by atoms with Gasteiger partial charge >= 0.3 is 6.01 Å². The number of nitrogens with one attached hydrogen (secondary N) is 2. The normalized spacial score (nSPS) is 16.2. The molecule has 0 atom stereocenters. The van der Waals surface area contributed by atoms with E-state index in [0.29, 0.717) is 23.9 Å². The van der Waals surface area contributed by atoms with Gasteiger partial charge in [0.05, 0.1) is 6.10 Å². The lowest BCUT2D eigenvalue weighted by Gasteiger charge is -2.22. The van der Waals surface area contributed by atoms with Crippen molar-refractivity contribution in [2.24, 2.45) is 0 Å². The second-order valence-corrected chi connectivity index (χ2v) is 6.22. The zero-order valence-electron chi connectivity index (χ0n) is 12.3. The molecule has 0 radical (unpaired) electrons. The summed E-state index contributed by atoms with van der Waals surface area (Å²) < 4.78 is 5.58. The molecule has 6 nitrogen and oxygen atoms in total. The van der Waals surface area contributed by atoms with E-state index in [2.05, 4.69) is 25.6 Å². The molecule has 0 aromatic carbocycles. The van der Waals surface area contributed by atoms with Crippen molar-refractivity contribution in [1.29, 1.82) is 0 Å². The summed E-state index contributed by atoms with van der Waals surface area (Å²) in [5.41, 5.74) is 0. The summed E-state index contributed by atoms with van der Waals surface area (Å²) in [5.74, 6) is 3.55. The smallest absolute Gasteiger partial charge is 0.323 e. The third-order valence-electron chi connectivity index (χ3n) is 2.85. The van der Waals surface area contributed by atoms with Crippen molar-refractivity contribution in [3.8, 4) is 6.01 Å². The Hall–Kier alpha value is -1.24. The van der Waals surface area contributed by atoms with E-state index in [1.807, 2.05) is 32.5 Å². The molecule has 0 aliphatic carbocycles. The van der Waals surface area contributed by atoms with Gasteiger partial charge in [-0.15, -0.1) is 0 Å². The molecule has 1 aromatic heterocycles. The van der Waals surface area contributed by atoms with Gasteiger partial charge in [-0.2, -0.15) is 26.7 Å². The number of ether oxygens (including phenoxy) is 1. The van der Waals surface area contributed by atoms with Gasteiger partial charge in [0.15, 0.2) is 0 Å².